The minimum atomic E-state index is -4.93. The summed E-state index contributed by atoms with van der Waals surface area (Å²) >= 11 is 8.55. The summed E-state index contributed by atoms with van der Waals surface area (Å²) in [6, 6.07) is 2.13. The maximum atomic E-state index is 12.0. The molecule has 0 saturated heterocycles. The van der Waals surface area contributed by atoms with Crippen molar-refractivity contribution in [2.75, 3.05) is 0 Å². The van der Waals surface area contributed by atoms with Crippen molar-refractivity contribution in [2.45, 2.75) is 6.36 Å². The SMILES string of the molecule is OB(O)c1c(OC(F)(F)F)ccc(Br)c1Cl. The third-order valence-electron chi connectivity index (χ3n) is 1.58. The number of hydrogen-bond donors (Lipinski definition) is 2. The molecule has 0 unspecified atom stereocenters. The summed E-state index contributed by atoms with van der Waals surface area (Å²) in [4.78, 5) is 0. The van der Waals surface area contributed by atoms with Crippen molar-refractivity contribution in [1.29, 1.82) is 0 Å². The number of ether oxygens (including phenoxy) is 1. The van der Waals surface area contributed by atoms with Crippen molar-refractivity contribution in [1.82, 2.24) is 0 Å². The predicted molar refractivity (Wildman–Crippen MR) is 55.7 cm³/mol. The standard InChI is InChI=1S/C7H4BBrClF3O3/c9-3-1-2-4(16-7(11,12)13)5(6(3)10)8(14)15/h1-2,14-15H. The fourth-order valence-corrected chi connectivity index (χ4v) is 1.60. The molecule has 0 aromatic heterocycles. The molecule has 9 heteroatoms. The van der Waals surface area contributed by atoms with Crippen LogP contribution in [0.2, 0.25) is 5.02 Å². The van der Waals surface area contributed by atoms with Crippen LogP contribution in [0.1, 0.15) is 0 Å². The lowest BCUT2D eigenvalue weighted by molar-refractivity contribution is -0.274. The second-order valence-electron chi connectivity index (χ2n) is 2.69. The van der Waals surface area contributed by atoms with Crippen LogP contribution in [0.25, 0.3) is 0 Å². The third kappa shape index (κ3) is 3.28. The van der Waals surface area contributed by atoms with Gasteiger partial charge >= 0.3 is 13.5 Å². The van der Waals surface area contributed by atoms with Crippen molar-refractivity contribution in [3.8, 4) is 5.75 Å². The molecule has 16 heavy (non-hydrogen) atoms. The van der Waals surface area contributed by atoms with Gasteiger partial charge in [-0.05, 0) is 28.1 Å². The molecule has 1 rings (SSSR count). The van der Waals surface area contributed by atoms with Crippen LogP contribution in [0.5, 0.6) is 5.75 Å². The summed E-state index contributed by atoms with van der Waals surface area (Å²) in [5.74, 6) is -0.754. The van der Waals surface area contributed by atoms with Crippen molar-refractivity contribution in [3.63, 3.8) is 0 Å². The van der Waals surface area contributed by atoms with Gasteiger partial charge in [0.15, 0.2) is 0 Å². The van der Waals surface area contributed by atoms with Gasteiger partial charge < -0.3 is 14.8 Å². The Bertz CT molecular complexity index is 399. The zero-order chi connectivity index (χ0) is 12.5. The van der Waals surface area contributed by atoms with Gasteiger partial charge in [-0.1, -0.05) is 11.6 Å². The molecule has 0 aliphatic heterocycles. The first-order valence-electron chi connectivity index (χ1n) is 3.82. The van der Waals surface area contributed by atoms with E-state index >= 15 is 0 Å². The van der Waals surface area contributed by atoms with Gasteiger partial charge in [0, 0.05) is 9.94 Å². The Morgan fingerprint density at radius 2 is 1.88 bits per heavy atom. The van der Waals surface area contributed by atoms with Crippen molar-refractivity contribution >= 4 is 40.1 Å². The first-order chi connectivity index (χ1) is 7.22. The number of alkyl halides is 3. The van der Waals surface area contributed by atoms with Gasteiger partial charge in [0.05, 0.1) is 5.02 Å². The van der Waals surface area contributed by atoms with E-state index in [0.717, 1.165) is 6.07 Å². The Labute approximate surface area is 102 Å². The Morgan fingerprint density at radius 3 is 2.31 bits per heavy atom. The summed E-state index contributed by atoms with van der Waals surface area (Å²) in [6.07, 6.45) is -4.93. The lowest BCUT2D eigenvalue weighted by Gasteiger charge is -2.14. The molecule has 0 atom stereocenters. The molecule has 0 fully saturated rings. The molecule has 0 radical (unpaired) electrons. The van der Waals surface area contributed by atoms with E-state index in [0.29, 0.717) is 0 Å². The van der Waals surface area contributed by atoms with Gasteiger partial charge in [0.2, 0.25) is 0 Å². The van der Waals surface area contributed by atoms with E-state index in [9.17, 15) is 13.2 Å². The molecule has 0 aliphatic carbocycles. The summed E-state index contributed by atoms with van der Waals surface area (Å²) in [5.41, 5.74) is -0.548. The topological polar surface area (TPSA) is 49.7 Å². The van der Waals surface area contributed by atoms with E-state index in [1.165, 1.54) is 6.07 Å². The number of hydrogen-bond acceptors (Lipinski definition) is 3. The van der Waals surface area contributed by atoms with Gasteiger partial charge in [-0.3, -0.25) is 0 Å². The van der Waals surface area contributed by atoms with Gasteiger partial charge in [-0.15, -0.1) is 13.2 Å². The van der Waals surface area contributed by atoms with Gasteiger partial charge in [0.1, 0.15) is 5.75 Å². The molecule has 0 saturated carbocycles. The first kappa shape index (κ1) is 13.6. The van der Waals surface area contributed by atoms with E-state index in [-0.39, 0.29) is 9.50 Å². The Morgan fingerprint density at radius 1 is 1.31 bits per heavy atom. The highest BCUT2D eigenvalue weighted by molar-refractivity contribution is 9.10. The normalized spacial score (nSPS) is 11.4. The van der Waals surface area contributed by atoms with E-state index in [2.05, 4.69) is 20.7 Å². The number of benzene rings is 1. The summed E-state index contributed by atoms with van der Waals surface area (Å²) in [6.45, 7) is 0. The number of halogens is 5. The molecule has 1 aromatic carbocycles. The number of rotatable bonds is 2. The third-order valence-corrected chi connectivity index (χ3v) is 2.87. The average molecular weight is 319 g/mol. The lowest BCUT2D eigenvalue weighted by Crippen LogP contribution is -2.34. The summed E-state index contributed by atoms with van der Waals surface area (Å²) in [7, 11) is -2.16. The molecule has 1 aromatic rings. The first-order valence-corrected chi connectivity index (χ1v) is 4.99. The molecule has 0 bridgehead atoms. The fourth-order valence-electron chi connectivity index (χ4n) is 1.00. The molecule has 3 nitrogen and oxygen atoms in total. The molecular weight excluding hydrogens is 315 g/mol. The minimum Gasteiger partial charge on any atom is -0.423 e. The molecule has 0 amide bonds. The van der Waals surface area contributed by atoms with Crippen LogP contribution < -0.4 is 10.2 Å². The Hall–Kier alpha value is -0.435. The summed E-state index contributed by atoms with van der Waals surface area (Å²) < 4.78 is 39.8. The van der Waals surface area contributed by atoms with Crippen LogP contribution in [-0.2, 0) is 0 Å². The van der Waals surface area contributed by atoms with E-state index in [4.69, 9.17) is 21.6 Å². The van der Waals surface area contributed by atoms with Crippen LogP contribution in [0.4, 0.5) is 13.2 Å². The smallest absolute Gasteiger partial charge is 0.423 e. The average Bonchev–Trinajstić information content (AvgIpc) is 2.08. The van der Waals surface area contributed by atoms with Crippen LogP contribution in [0, 0.1) is 0 Å². The van der Waals surface area contributed by atoms with Crippen LogP contribution in [-0.4, -0.2) is 23.5 Å². The molecule has 0 aliphatic rings. The van der Waals surface area contributed by atoms with Crippen molar-refractivity contribution in [3.05, 3.63) is 21.6 Å². The molecule has 88 valence electrons. The van der Waals surface area contributed by atoms with E-state index in [1.54, 1.807) is 0 Å². The second-order valence-corrected chi connectivity index (χ2v) is 3.93. The van der Waals surface area contributed by atoms with Crippen molar-refractivity contribution < 1.29 is 28.0 Å². The molecular formula is C7H4BBrClF3O3. The van der Waals surface area contributed by atoms with Crippen LogP contribution in [0.3, 0.4) is 0 Å². The molecule has 0 spiro atoms. The highest BCUT2D eigenvalue weighted by Crippen LogP contribution is 2.28. The summed E-state index contributed by atoms with van der Waals surface area (Å²) in [5, 5.41) is 17.6. The monoisotopic (exact) mass is 318 g/mol. The van der Waals surface area contributed by atoms with Gasteiger partial charge in [-0.25, -0.2) is 0 Å². The lowest BCUT2D eigenvalue weighted by atomic mass is 9.79. The maximum absolute atomic E-state index is 12.0. The maximum Gasteiger partial charge on any atom is 0.573 e. The van der Waals surface area contributed by atoms with Crippen LogP contribution in [0.15, 0.2) is 16.6 Å². The second kappa shape index (κ2) is 4.83. The Balaban J connectivity index is 3.24. The van der Waals surface area contributed by atoms with Crippen LogP contribution >= 0.6 is 27.5 Å². The molecule has 2 N–H and O–H groups in total. The van der Waals surface area contributed by atoms with E-state index in [1.807, 2.05) is 0 Å². The Kier molecular flexibility index (Phi) is 4.11. The largest absolute Gasteiger partial charge is 0.573 e. The van der Waals surface area contributed by atoms with Crippen molar-refractivity contribution in [2.24, 2.45) is 0 Å². The highest BCUT2D eigenvalue weighted by atomic mass is 79.9. The minimum absolute atomic E-state index is 0.229. The quantitative estimate of drug-likeness (QED) is 0.816. The van der Waals surface area contributed by atoms with Gasteiger partial charge in [-0.2, -0.15) is 0 Å². The zero-order valence-electron chi connectivity index (χ0n) is 7.42. The molecule has 0 heterocycles. The fraction of sp³-hybridized carbons (Fsp3) is 0.143. The zero-order valence-corrected chi connectivity index (χ0v) is 9.77. The highest BCUT2D eigenvalue weighted by Gasteiger charge is 2.34. The predicted octanol–water partition coefficient (Wildman–Crippen LogP) is 1.68. The van der Waals surface area contributed by atoms with Gasteiger partial charge in [0.25, 0.3) is 0 Å². The van der Waals surface area contributed by atoms with E-state index < -0.39 is 24.7 Å².